The van der Waals surface area contributed by atoms with Crippen LogP contribution in [0.4, 0.5) is 0 Å². The Labute approximate surface area is 132 Å². The highest BCUT2D eigenvalue weighted by atomic mass is 14.3. The Morgan fingerprint density at radius 1 is 1.19 bits per heavy atom. The summed E-state index contributed by atoms with van der Waals surface area (Å²) in [5, 5.41) is 0. The van der Waals surface area contributed by atoms with Crippen LogP contribution >= 0.6 is 0 Å². The Balaban J connectivity index is 2.50. The van der Waals surface area contributed by atoms with Crippen molar-refractivity contribution in [3.63, 3.8) is 0 Å². The molecular formula is C21H34. The van der Waals surface area contributed by atoms with Crippen molar-refractivity contribution in [2.24, 2.45) is 5.41 Å². The van der Waals surface area contributed by atoms with Crippen molar-refractivity contribution in [3.8, 4) is 0 Å². The fourth-order valence-electron chi connectivity index (χ4n) is 3.48. The van der Waals surface area contributed by atoms with Gasteiger partial charge in [-0.3, -0.25) is 0 Å². The Bertz CT molecular complexity index is 441. The molecule has 0 amide bonds. The highest BCUT2D eigenvalue weighted by Gasteiger charge is 2.27. The molecule has 118 valence electrons. The summed E-state index contributed by atoms with van der Waals surface area (Å²) in [5.74, 6) is 0. The smallest absolute Gasteiger partial charge is 0.0142 e. The highest BCUT2D eigenvalue weighted by Crippen LogP contribution is 2.42. The molecule has 0 aromatic heterocycles. The molecule has 0 saturated carbocycles. The molecule has 0 bridgehead atoms. The standard InChI is InChI=1S/C21H34/c1-7-10-17(2)11-8-12-18(3)14-15-20-19(4)13-9-16-21(20,5)6/h7,10,12H,1,8-9,11,13-16H2,2-6H3/b17-10-,18-12+. The molecule has 0 unspecified atom stereocenters. The van der Waals surface area contributed by atoms with Crippen molar-refractivity contribution in [2.45, 2.75) is 79.6 Å². The molecule has 0 heterocycles. The summed E-state index contributed by atoms with van der Waals surface area (Å²) in [5.41, 5.74) is 6.77. The molecule has 0 atom stereocenters. The van der Waals surface area contributed by atoms with Gasteiger partial charge in [0.15, 0.2) is 0 Å². The molecular weight excluding hydrogens is 252 g/mol. The number of rotatable bonds is 7. The first-order valence-corrected chi connectivity index (χ1v) is 8.49. The van der Waals surface area contributed by atoms with Crippen molar-refractivity contribution in [1.82, 2.24) is 0 Å². The molecule has 1 rings (SSSR count). The summed E-state index contributed by atoms with van der Waals surface area (Å²) >= 11 is 0. The van der Waals surface area contributed by atoms with Crippen LogP contribution in [0.1, 0.15) is 79.6 Å². The minimum atomic E-state index is 0.423. The molecule has 21 heavy (non-hydrogen) atoms. The lowest BCUT2D eigenvalue weighted by Gasteiger charge is -2.35. The Kier molecular flexibility index (Phi) is 7.22. The van der Waals surface area contributed by atoms with Crippen LogP contribution in [0.2, 0.25) is 0 Å². The topological polar surface area (TPSA) is 0 Å². The van der Waals surface area contributed by atoms with E-state index in [1.807, 2.05) is 6.08 Å². The zero-order chi connectivity index (χ0) is 15.9. The van der Waals surface area contributed by atoms with E-state index in [9.17, 15) is 0 Å². The van der Waals surface area contributed by atoms with Gasteiger partial charge in [-0.25, -0.2) is 0 Å². The van der Waals surface area contributed by atoms with Crippen molar-refractivity contribution < 1.29 is 0 Å². The van der Waals surface area contributed by atoms with Crippen LogP contribution in [0, 0.1) is 5.41 Å². The average molecular weight is 287 g/mol. The summed E-state index contributed by atoms with van der Waals surface area (Å²) in [6.07, 6.45) is 15.2. The molecule has 1 aliphatic carbocycles. The number of hydrogen-bond acceptors (Lipinski definition) is 0. The second-order valence-electron chi connectivity index (χ2n) is 7.33. The molecule has 0 fully saturated rings. The van der Waals surface area contributed by atoms with Crippen LogP contribution in [-0.2, 0) is 0 Å². The van der Waals surface area contributed by atoms with Gasteiger partial charge in [0.2, 0.25) is 0 Å². The number of allylic oxidation sites excluding steroid dienone is 7. The van der Waals surface area contributed by atoms with Crippen molar-refractivity contribution in [3.05, 3.63) is 47.1 Å². The monoisotopic (exact) mass is 286 g/mol. The van der Waals surface area contributed by atoms with Gasteiger partial charge in [0.1, 0.15) is 0 Å². The second kappa shape index (κ2) is 8.41. The van der Waals surface area contributed by atoms with Crippen molar-refractivity contribution in [2.75, 3.05) is 0 Å². The Morgan fingerprint density at radius 3 is 2.52 bits per heavy atom. The number of hydrogen-bond donors (Lipinski definition) is 0. The molecule has 0 N–H and O–H groups in total. The normalized spacial score (nSPS) is 19.9. The molecule has 0 saturated heterocycles. The molecule has 0 nitrogen and oxygen atoms in total. The lowest BCUT2D eigenvalue weighted by atomic mass is 9.71. The van der Waals surface area contributed by atoms with Crippen LogP contribution in [0.25, 0.3) is 0 Å². The van der Waals surface area contributed by atoms with Gasteiger partial charge in [-0.1, -0.05) is 60.9 Å². The third-order valence-electron chi connectivity index (χ3n) is 4.89. The molecule has 0 radical (unpaired) electrons. The predicted octanol–water partition coefficient (Wildman–Crippen LogP) is 7.15. The van der Waals surface area contributed by atoms with E-state index in [1.165, 1.54) is 37.7 Å². The van der Waals surface area contributed by atoms with E-state index in [1.54, 1.807) is 16.7 Å². The summed E-state index contributed by atoms with van der Waals surface area (Å²) in [6, 6.07) is 0. The highest BCUT2D eigenvalue weighted by molar-refractivity contribution is 5.23. The van der Waals surface area contributed by atoms with Gasteiger partial charge in [-0.2, -0.15) is 0 Å². The second-order valence-corrected chi connectivity index (χ2v) is 7.33. The quantitative estimate of drug-likeness (QED) is 0.344. The van der Waals surface area contributed by atoms with Crippen LogP contribution < -0.4 is 0 Å². The Hall–Kier alpha value is -1.04. The summed E-state index contributed by atoms with van der Waals surface area (Å²) in [6.45, 7) is 15.4. The molecule has 0 heteroatoms. The zero-order valence-corrected chi connectivity index (χ0v) is 14.9. The van der Waals surface area contributed by atoms with Crippen LogP contribution in [0.5, 0.6) is 0 Å². The lowest BCUT2D eigenvalue weighted by Crippen LogP contribution is -2.20. The first-order chi connectivity index (χ1) is 9.86. The lowest BCUT2D eigenvalue weighted by molar-refractivity contribution is 0.354. The van der Waals surface area contributed by atoms with Crippen LogP contribution in [0.15, 0.2) is 47.1 Å². The first-order valence-electron chi connectivity index (χ1n) is 8.49. The van der Waals surface area contributed by atoms with E-state index in [2.05, 4.69) is 53.3 Å². The van der Waals surface area contributed by atoms with Crippen LogP contribution in [-0.4, -0.2) is 0 Å². The third kappa shape index (κ3) is 6.08. The van der Waals surface area contributed by atoms with E-state index in [0.29, 0.717) is 5.41 Å². The molecule has 0 aromatic rings. The van der Waals surface area contributed by atoms with Gasteiger partial charge in [0.05, 0.1) is 0 Å². The molecule has 0 aromatic carbocycles. The molecule has 1 aliphatic rings. The minimum Gasteiger partial charge on any atom is -0.0991 e. The summed E-state index contributed by atoms with van der Waals surface area (Å²) in [7, 11) is 0. The summed E-state index contributed by atoms with van der Waals surface area (Å²) in [4.78, 5) is 0. The maximum Gasteiger partial charge on any atom is -0.0142 e. The van der Waals surface area contributed by atoms with E-state index >= 15 is 0 Å². The first kappa shape index (κ1) is 18.0. The van der Waals surface area contributed by atoms with Gasteiger partial charge in [-0.05, 0) is 71.1 Å². The van der Waals surface area contributed by atoms with Gasteiger partial charge >= 0.3 is 0 Å². The summed E-state index contributed by atoms with van der Waals surface area (Å²) < 4.78 is 0. The minimum absolute atomic E-state index is 0.423. The van der Waals surface area contributed by atoms with E-state index in [4.69, 9.17) is 0 Å². The fraction of sp³-hybridized carbons (Fsp3) is 0.619. The van der Waals surface area contributed by atoms with Gasteiger partial charge in [-0.15, -0.1) is 0 Å². The average Bonchev–Trinajstić information content (AvgIpc) is 2.37. The maximum absolute atomic E-state index is 3.75. The SMILES string of the molecule is C=C/C=C(/C)CC/C=C(\C)CCC1=C(C)CCCC1(C)C. The third-order valence-corrected chi connectivity index (χ3v) is 4.89. The van der Waals surface area contributed by atoms with Gasteiger partial charge in [0, 0.05) is 0 Å². The van der Waals surface area contributed by atoms with E-state index < -0.39 is 0 Å². The van der Waals surface area contributed by atoms with Gasteiger partial charge < -0.3 is 0 Å². The van der Waals surface area contributed by atoms with E-state index in [0.717, 1.165) is 12.8 Å². The molecule has 0 aliphatic heterocycles. The zero-order valence-electron chi connectivity index (χ0n) is 14.9. The van der Waals surface area contributed by atoms with Crippen molar-refractivity contribution in [1.29, 1.82) is 0 Å². The van der Waals surface area contributed by atoms with Crippen LogP contribution in [0.3, 0.4) is 0 Å². The maximum atomic E-state index is 3.75. The fourth-order valence-corrected chi connectivity index (χ4v) is 3.48. The Morgan fingerprint density at radius 2 is 1.90 bits per heavy atom. The van der Waals surface area contributed by atoms with E-state index in [-0.39, 0.29) is 0 Å². The predicted molar refractivity (Wildman–Crippen MR) is 96.5 cm³/mol. The molecule has 0 spiro atoms. The van der Waals surface area contributed by atoms with Crippen molar-refractivity contribution >= 4 is 0 Å². The van der Waals surface area contributed by atoms with Gasteiger partial charge in [0.25, 0.3) is 0 Å². The largest absolute Gasteiger partial charge is 0.0991 e.